The molecule has 2 aromatic heterocycles. The molecule has 0 unspecified atom stereocenters. The van der Waals surface area contributed by atoms with Gasteiger partial charge in [-0.25, -0.2) is 18.7 Å². The number of halogens is 2. The van der Waals surface area contributed by atoms with Crippen molar-refractivity contribution in [2.24, 2.45) is 0 Å². The normalized spacial score (nSPS) is 13.6. The van der Waals surface area contributed by atoms with Crippen molar-refractivity contribution in [1.29, 1.82) is 0 Å². The molecule has 8 heteroatoms. The number of aromatic nitrogens is 2. The molecule has 3 aromatic rings. The van der Waals surface area contributed by atoms with Crippen LogP contribution in [0.15, 0.2) is 42.6 Å². The zero-order valence-corrected chi connectivity index (χ0v) is 17.7. The Labute approximate surface area is 179 Å². The molecule has 0 saturated carbocycles. The third-order valence-electron chi connectivity index (χ3n) is 5.28. The maximum atomic E-state index is 14.0. The van der Waals surface area contributed by atoms with Crippen LogP contribution in [0.2, 0.25) is 0 Å². The number of fused-ring (bicyclic) bond motifs is 1. The number of nitrogens with zero attached hydrogens (tertiary/aromatic N) is 4. The molecule has 0 atom stereocenters. The number of anilines is 3. The lowest BCUT2D eigenvalue weighted by molar-refractivity contribution is 0.0982. The second-order valence-electron chi connectivity index (χ2n) is 7.64. The number of rotatable bonds is 4. The summed E-state index contributed by atoms with van der Waals surface area (Å²) in [7, 11) is 1.52. The Bertz CT molecular complexity index is 1170. The van der Waals surface area contributed by atoms with Crippen molar-refractivity contribution < 1.29 is 18.3 Å². The molecule has 31 heavy (non-hydrogen) atoms. The smallest absolute Gasteiger partial charge is 0.263 e. The topological polar surface area (TPSA) is 58.6 Å². The van der Waals surface area contributed by atoms with Gasteiger partial charge in [0.15, 0.2) is 0 Å². The number of benzene rings is 1. The minimum Gasteiger partial charge on any atom is -0.481 e. The molecular weight excluding hydrogens is 402 g/mol. The maximum absolute atomic E-state index is 14.0. The van der Waals surface area contributed by atoms with Crippen molar-refractivity contribution in [3.8, 4) is 5.88 Å². The van der Waals surface area contributed by atoms with Gasteiger partial charge in [-0.3, -0.25) is 9.69 Å². The highest BCUT2D eigenvalue weighted by atomic mass is 19.1. The summed E-state index contributed by atoms with van der Waals surface area (Å²) in [6.45, 7) is 5.81. The molecule has 0 aliphatic carbocycles. The predicted octanol–water partition coefficient (Wildman–Crippen LogP) is 4.95. The molecule has 160 valence electrons. The Morgan fingerprint density at radius 2 is 1.77 bits per heavy atom. The van der Waals surface area contributed by atoms with E-state index in [2.05, 4.69) is 9.97 Å². The van der Waals surface area contributed by atoms with E-state index < -0.39 is 5.82 Å². The van der Waals surface area contributed by atoms with Crippen molar-refractivity contribution in [3.05, 3.63) is 71.1 Å². The highest BCUT2D eigenvalue weighted by molar-refractivity contribution is 6.12. The van der Waals surface area contributed by atoms with Crippen molar-refractivity contribution >= 4 is 23.1 Å². The summed E-state index contributed by atoms with van der Waals surface area (Å²) in [6, 6.07) is 9.08. The monoisotopic (exact) mass is 424 g/mol. The van der Waals surface area contributed by atoms with Crippen molar-refractivity contribution in [3.63, 3.8) is 0 Å². The van der Waals surface area contributed by atoms with Crippen LogP contribution in [0.5, 0.6) is 5.88 Å². The first kappa shape index (κ1) is 20.7. The number of carbonyl (C=O) groups excluding carboxylic acids is 1. The summed E-state index contributed by atoms with van der Waals surface area (Å²) >= 11 is 0. The summed E-state index contributed by atoms with van der Waals surface area (Å²) in [4.78, 5) is 25.2. The van der Waals surface area contributed by atoms with E-state index in [1.165, 1.54) is 30.2 Å². The van der Waals surface area contributed by atoms with Gasteiger partial charge in [-0.1, -0.05) is 13.8 Å². The number of hydrogen-bond acceptors (Lipinski definition) is 5. The van der Waals surface area contributed by atoms with E-state index in [1.807, 2.05) is 13.8 Å². The van der Waals surface area contributed by atoms with Gasteiger partial charge >= 0.3 is 0 Å². The van der Waals surface area contributed by atoms with Gasteiger partial charge in [-0.15, -0.1) is 0 Å². The zero-order chi connectivity index (χ0) is 22.3. The largest absolute Gasteiger partial charge is 0.481 e. The van der Waals surface area contributed by atoms with Crippen LogP contribution in [-0.4, -0.2) is 29.7 Å². The molecule has 3 heterocycles. The van der Waals surface area contributed by atoms with Gasteiger partial charge in [0.2, 0.25) is 5.88 Å². The number of methoxy groups -OCH3 is 1. The fourth-order valence-electron chi connectivity index (χ4n) is 3.76. The van der Waals surface area contributed by atoms with Crippen molar-refractivity contribution in [1.82, 2.24) is 9.97 Å². The van der Waals surface area contributed by atoms with Gasteiger partial charge in [0.25, 0.3) is 5.91 Å². The van der Waals surface area contributed by atoms with Crippen molar-refractivity contribution in [2.75, 3.05) is 23.6 Å². The molecule has 0 radical (unpaired) electrons. The van der Waals surface area contributed by atoms with E-state index in [0.29, 0.717) is 28.8 Å². The van der Waals surface area contributed by atoms with Crippen LogP contribution in [-0.2, 0) is 0 Å². The van der Waals surface area contributed by atoms with Crippen LogP contribution < -0.4 is 14.5 Å². The van der Waals surface area contributed by atoms with Crippen LogP contribution >= 0.6 is 0 Å². The number of carbonyl (C=O) groups is 1. The lowest BCUT2D eigenvalue weighted by Gasteiger charge is -2.38. The standard InChI is InChI=1S/C23H22F2N4O2/c1-13(2)17-9-15(24)5-6-20(17)28-12-29(19-7-8-21(31-4)27-14(19)3)23(30)18-10-16(25)11-26-22(18)28/h5-11,13H,12H2,1-4H3. The third-order valence-corrected chi connectivity index (χ3v) is 5.28. The molecule has 4 rings (SSSR count). The molecule has 0 fully saturated rings. The van der Waals surface area contributed by atoms with Crippen LogP contribution in [0, 0.1) is 18.6 Å². The minimum absolute atomic E-state index is 0.0186. The van der Waals surface area contributed by atoms with E-state index in [0.717, 1.165) is 11.8 Å². The summed E-state index contributed by atoms with van der Waals surface area (Å²) in [6.07, 6.45) is 1.08. The number of pyridine rings is 2. The van der Waals surface area contributed by atoms with Gasteiger partial charge in [-0.05, 0) is 48.7 Å². The van der Waals surface area contributed by atoms with E-state index in [1.54, 1.807) is 30.0 Å². The van der Waals surface area contributed by atoms with E-state index in [-0.39, 0.29) is 29.9 Å². The Balaban J connectivity index is 1.89. The molecular formula is C23H22F2N4O2. The molecule has 1 aromatic carbocycles. The third kappa shape index (κ3) is 3.69. The van der Waals surface area contributed by atoms with E-state index in [9.17, 15) is 13.6 Å². The van der Waals surface area contributed by atoms with Gasteiger partial charge in [0.05, 0.1) is 30.3 Å². The molecule has 1 amide bonds. The molecule has 0 N–H and O–H groups in total. The molecule has 0 saturated heterocycles. The number of hydrogen-bond donors (Lipinski definition) is 0. The second-order valence-corrected chi connectivity index (χ2v) is 7.64. The quantitative estimate of drug-likeness (QED) is 0.593. The SMILES string of the molecule is COc1ccc(N2CN(c3ccc(F)cc3C(C)C)c3ncc(F)cc3C2=O)c(C)n1. The Morgan fingerprint density at radius 1 is 1.03 bits per heavy atom. The predicted molar refractivity (Wildman–Crippen MR) is 114 cm³/mol. The lowest BCUT2D eigenvalue weighted by Crippen LogP contribution is -2.46. The summed E-state index contributed by atoms with van der Waals surface area (Å²) < 4.78 is 33.2. The van der Waals surface area contributed by atoms with Crippen LogP contribution in [0.1, 0.15) is 41.4 Å². The molecule has 0 spiro atoms. The fourth-order valence-corrected chi connectivity index (χ4v) is 3.76. The summed E-state index contributed by atoms with van der Waals surface area (Å²) in [5.74, 6) is -0.570. The molecule has 1 aliphatic rings. The fraction of sp³-hybridized carbons (Fsp3) is 0.261. The van der Waals surface area contributed by atoms with E-state index >= 15 is 0 Å². The van der Waals surface area contributed by atoms with Gasteiger partial charge in [0.1, 0.15) is 24.1 Å². The highest BCUT2D eigenvalue weighted by Gasteiger charge is 2.34. The summed E-state index contributed by atoms with van der Waals surface area (Å²) in [5.41, 5.74) is 2.74. The van der Waals surface area contributed by atoms with Crippen LogP contribution in [0.25, 0.3) is 0 Å². The van der Waals surface area contributed by atoms with Crippen LogP contribution in [0.3, 0.4) is 0 Å². The highest BCUT2D eigenvalue weighted by Crippen LogP contribution is 2.39. The number of amides is 1. The average molecular weight is 424 g/mol. The molecule has 1 aliphatic heterocycles. The Hall–Kier alpha value is -3.55. The zero-order valence-electron chi connectivity index (χ0n) is 17.7. The molecule has 0 bridgehead atoms. The number of aryl methyl sites for hydroxylation is 1. The van der Waals surface area contributed by atoms with E-state index in [4.69, 9.17) is 4.74 Å². The number of ether oxygens (including phenoxy) is 1. The van der Waals surface area contributed by atoms with Crippen molar-refractivity contribution in [2.45, 2.75) is 26.7 Å². The first-order valence-electron chi connectivity index (χ1n) is 9.86. The second kappa shape index (κ2) is 7.94. The first-order chi connectivity index (χ1) is 14.8. The first-order valence-corrected chi connectivity index (χ1v) is 9.86. The Kier molecular flexibility index (Phi) is 5.31. The van der Waals surface area contributed by atoms with Crippen LogP contribution in [0.4, 0.5) is 26.0 Å². The Morgan fingerprint density at radius 3 is 2.45 bits per heavy atom. The molecule has 6 nitrogen and oxygen atoms in total. The summed E-state index contributed by atoms with van der Waals surface area (Å²) in [5, 5.41) is 0. The lowest BCUT2D eigenvalue weighted by atomic mass is 9.99. The van der Waals surface area contributed by atoms with Gasteiger partial charge in [0, 0.05) is 11.8 Å². The minimum atomic E-state index is -0.610. The average Bonchev–Trinajstić information content (AvgIpc) is 2.74. The van der Waals surface area contributed by atoms with Gasteiger partial charge < -0.3 is 9.64 Å². The maximum Gasteiger partial charge on any atom is 0.263 e. The van der Waals surface area contributed by atoms with Gasteiger partial charge in [-0.2, -0.15) is 0 Å².